The predicted molar refractivity (Wildman–Crippen MR) is 126 cm³/mol. The molecule has 1 atom stereocenters. The molecule has 2 aromatic carbocycles. The van der Waals surface area contributed by atoms with Crippen molar-refractivity contribution in [2.24, 2.45) is 0 Å². The van der Waals surface area contributed by atoms with Crippen molar-refractivity contribution in [3.63, 3.8) is 0 Å². The third-order valence-corrected chi connectivity index (χ3v) is 6.63. The lowest BCUT2D eigenvalue weighted by atomic mass is 9.93. The summed E-state index contributed by atoms with van der Waals surface area (Å²) >= 11 is 0. The number of halogens is 8. The van der Waals surface area contributed by atoms with Gasteiger partial charge in [-0.05, 0) is 54.7 Å². The van der Waals surface area contributed by atoms with Gasteiger partial charge in [-0.2, -0.15) is 26.3 Å². The number of nitrogens with zero attached hydrogens (tertiary/aromatic N) is 1. The Morgan fingerprint density at radius 3 is 1.83 bits per heavy atom. The second kappa shape index (κ2) is 11.3. The molecule has 1 saturated heterocycles. The minimum absolute atomic E-state index is 0. The maximum absolute atomic E-state index is 13.3. The van der Waals surface area contributed by atoms with Crippen molar-refractivity contribution < 1.29 is 31.1 Å². The van der Waals surface area contributed by atoms with Crippen molar-refractivity contribution in [1.82, 2.24) is 10.2 Å². The van der Waals surface area contributed by atoms with E-state index in [0.717, 1.165) is 51.2 Å². The van der Waals surface area contributed by atoms with E-state index in [-0.39, 0.29) is 48.6 Å². The first-order chi connectivity index (χ1) is 15.5. The summed E-state index contributed by atoms with van der Waals surface area (Å²) < 4.78 is 85.6. The van der Waals surface area contributed by atoms with E-state index >= 15 is 0 Å². The average molecular weight is 545 g/mol. The monoisotopic (exact) mass is 544 g/mol. The van der Waals surface area contributed by atoms with Gasteiger partial charge in [-0.1, -0.05) is 24.3 Å². The Balaban J connectivity index is 0.00000216. The highest BCUT2D eigenvalue weighted by atomic mass is 35.5. The van der Waals surface area contributed by atoms with Crippen molar-refractivity contribution in [1.29, 1.82) is 0 Å². The molecule has 0 bridgehead atoms. The molecule has 3 nitrogen and oxygen atoms in total. The number of nitrogens with one attached hydrogen (secondary N) is 1. The maximum Gasteiger partial charge on any atom is 0.416 e. The second-order valence-electron chi connectivity index (χ2n) is 8.88. The average Bonchev–Trinajstić information content (AvgIpc) is 3.16. The lowest BCUT2D eigenvalue weighted by Crippen LogP contribution is -2.59. The first-order valence-corrected chi connectivity index (χ1v) is 10.9. The van der Waals surface area contributed by atoms with Crippen LogP contribution < -0.4 is 5.32 Å². The molecule has 0 saturated carbocycles. The highest BCUT2D eigenvalue weighted by molar-refractivity contribution is 5.85. The summed E-state index contributed by atoms with van der Waals surface area (Å²) in [7, 11) is 0. The summed E-state index contributed by atoms with van der Waals surface area (Å²) in [6, 6.07) is 9.71. The fourth-order valence-electron chi connectivity index (χ4n) is 4.82. The molecular formula is C24H28Cl2F6N2O. The third-order valence-electron chi connectivity index (χ3n) is 6.63. The lowest BCUT2D eigenvalue weighted by molar-refractivity contribution is -0.143. The van der Waals surface area contributed by atoms with Crippen molar-refractivity contribution in [2.75, 3.05) is 32.8 Å². The normalized spacial score (nSPS) is 18.8. The maximum atomic E-state index is 13.3. The Labute approximate surface area is 213 Å². The van der Waals surface area contributed by atoms with Gasteiger partial charge in [0, 0.05) is 26.2 Å². The molecule has 1 aliphatic carbocycles. The molecule has 1 fully saturated rings. The number of benzene rings is 2. The summed E-state index contributed by atoms with van der Waals surface area (Å²) in [6.45, 7) is 4.94. The Morgan fingerprint density at radius 2 is 1.37 bits per heavy atom. The smallest absolute Gasteiger partial charge is 0.372 e. The van der Waals surface area contributed by atoms with E-state index in [1.165, 1.54) is 18.1 Å². The van der Waals surface area contributed by atoms with Crippen molar-refractivity contribution in [3.05, 3.63) is 70.3 Å². The SMILES string of the molecule is CC(OCC1(N2CCNCC2)Cc2ccccc2C1)c1cc(C(F)(F)F)cc(C(F)(F)F)c1.Cl.Cl. The minimum atomic E-state index is -4.88. The number of ether oxygens (including phenoxy) is 1. The van der Waals surface area contributed by atoms with Crippen LogP contribution in [-0.4, -0.2) is 43.2 Å². The van der Waals surface area contributed by atoms with Gasteiger partial charge in [-0.15, -0.1) is 24.8 Å². The number of alkyl halides is 6. The Bertz CT molecular complexity index is 935. The number of piperazine rings is 1. The van der Waals surface area contributed by atoms with E-state index in [4.69, 9.17) is 4.74 Å². The first-order valence-electron chi connectivity index (χ1n) is 10.9. The fourth-order valence-corrected chi connectivity index (χ4v) is 4.82. The summed E-state index contributed by atoms with van der Waals surface area (Å²) in [5, 5.41) is 3.31. The van der Waals surface area contributed by atoms with Crippen LogP contribution in [0.25, 0.3) is 0 Å². The van der Waals surface area contributed by atoms with E-state index in [1.807, 2.05) is 12.1 Å². The molecular weight excluding hydrogens is 517 g/mol. The molecule has 0 aromatic heterocycles. The van der Waals surface area contributed by atoms with Crippen molar-refractivity contribution in [2.45, 2.75) is 43.8 Å². The van der Waals surface area contributed by atoms with Crippen LogP contribution in [0, 0.1) is 0 Å². The van der Waals surface area contributed by atoms with Crippen LogP contribution in [0.3, 0.4) is 0 Å². The van der Waals surface area contributed by atoms with Gasteiger partial charge in [0.05, 0.1) is 29.4 Å². The molecule has 1 N–H and O–H groups in total. The van der Waals surface area contributed by atoms with Gasteiger partial charge in [0.2, 0.25) is 0 Å². The molecule has 2 aromatic rings. The second-order valence-corrected chi connectivity index (χ2v) is 8.88. The largest absolute Gasteiger partial charge is 0.416 e. The summed E-state index contributed by atoms with van der Waals surface area (Å²) in [5.74, 6) is 0. The van der Waals surface area contributed by atoms with Crippen LogP contribution in [0.15, 0.2) is 42.5 Å². The summed E-state index contributed by atoms with van der Waals surface area (Å²) in [5.41, 5.74) is -0.769. The van der Waals surface area contributed by atoms with E-state index in [0.29, 0.717) is 0 Å². The van der Waals surface area contributed by atoms with Crippen LogP contribution in [0.5, 0.6) is 0 Å². The molecule has 2 aliphatic rings. The molecule has 4 rings (SSSR count). The van der Waals surface area contributed by atoms with Crippen LogP contribution in [-0.2, 0) is 29.9 Å². The Morgan fingerprint density at radius 1 is 0.886 bits per heavy atom. The van der Waals surface area contributed by atoms with Gasteiger partial charge in [-0.3, -0.25) is 4.90 Å². The van der Waals surface area contributed by atoms with E-state index < -0.39 is 29.6 Å². The molecule has 0 amide bonds. The summed E-state index contributed by atoms with van der Waals surface area (Å²) in [4.78, 5) is 2.34. The van der Waals surface area contributed by atoms with Crippen LogP contribution in [0.1, 0.15) is 40.8 Å². The van der Waals surface area contributed by atoms with Crippen LogP contribution in [0.4, 0.5) is 26.3 Å². The number of fused-ring (bicyclic) bond motifs is 1. The third kappa shape index (κ3) is 6.63. The first kappa shape index (κ1) is 29.7. The Hall–Kier alpha value is -1.52. The van der Waals surface area contributed by atoms with Gasteiger partial charge < -0.3 is 10.1 Å². The Kier molecular flexibility index (Phi) is 9.55. The van der Waals surface area contributed by atoms with Gasteiger partial charge in [-0.25, -0.2) is 0 Å². The van der Waals surface area contributed by atoms with Crippen molar-refractivity contribution in [3.8, 4) is 0 Å². The molecule has 1 heterocycles. The number of hydrogen-bond acceptors (Lipinski definition) is 3. The summed E-state index contributed by atoms with van der Waals surface area (Å²) in [6.07, 6.45) is -9.24. The highest BCUT2D eigenvalue weighted by Gasteiger charge is 2.43. The van der Waals surface area contributed by atoms with Gasteiger partial charge in [0.25, 0.3) is 0 Å². The van der Waals surface area contributed by atoms with E-state index in [2.05, 4.69) is 22.3 Å². The fraction of sp³-hybridized carbons (Fsp3) is 0.500. The van der Waals surface area contributed by atoms with Crippen LogP contribution in [0.2, 0.25) is 0 Å². The highest BCUT2D eigenvalue weighted by Crippen LogP contribution is 2.39. The van der Waals surface area contributed by atoms with Gasteiger partial charge >= 0.3 is 12.4 Å². The van der Waals surface area contributed by atoms with E-state index in [1.54, 1.807) is 0 Å². The van der Waals surface area contributed by atoms with Crippen molar-refractivity contribution >= 4 is 24.8 Å². The zero-order valence-corrected chi connectivity index (χ0v) is 20.6. The topological polar surface area (TPSA) is 24.5 Å². The molecule has 1 unspecified atom stereocenters. The number of rotatable bonds is 5. The molecule has 0 radical (unpaired) electrons. The zero-order chi connectivity index (χ0) is 23.9. The molecule has 0 spiro atoms. The minimum Gasteiger partial charge on any atom is -0.372 e. The lowest BCUT2D eigenvalue weighted by Gasteiger charge is -2.44. The zero-order valence-electron chi connectivity index (χ0n) is 19.0. The molecule has 11 heteroatoms. The molecule has 1 aliphatic heterocycles. The molecule has 35 heavy (non-hydrogen) atoms. The predicted octanol–water partition coefficient (Wildman–Crippen LogP) is 6.09. The van der Waals surface area contributed by atoms with Gasteiger partial charge in [0.1, 0.15) is 0 Å². The molecule has 196 valence electrons. The quantitative estimate of drug-likeness (QED) is 0.461. The van der Waals surface area contributed by atoms with Crippen LogP contribution >= 0.6 is 24.8 Å². The number of hydrogen-bond donors (Lipinski definition) is 1. The standard InChI is InChI=1S/C24H26F6N2O.2ClH/c1-16(19-10-20(23(25,26)27)12-21(11-19)24(28,29)30)33-15-22(32-8-6-31-7-9-32)13-17-4-2-3-5-18(17)14-22;;/h2-5,10-12,16,31H,6-9,13-15H2,1H3;2*1H. The van der Waals surface area contributed by atoms with E-state index in [9.17, 15) is 26.3 Å². The van der Waals surface area contributed by atoms with Gasteiger partial charge in [0.15, 0.2) is 0 Å².